The maximum absolute atomic E-state index is 12.0. The van der Waals surface area contributed by atoms with Crippen LogP contribution in [0, 0.1) is 0 Å². The first kappa shape index (κ1) is 24.1. The lowest BCUT2D eigenvalue weighted by Gasteiger charge is -2.40. The molecule has 0 spiro atoms. The molecule has 0 atom stereocenters. The summed E-state index contributed by atoms with van der Waals surface area (Å²) < 4.78 is 41.4. The van der Waals surface area contributed by atoms with Gasteiger partial charge in [0, 0.05) is 33.1 Å². The predicted octanol–water partition coefficient (Wildman–Crippen LogP) is 3.12. The zero-order chi connectivity index (χ0) is 18.4. The van der Waals surface area contributed by atoms with Gasteiger partial charge in [-0.3, -0.25) is 4.99 Å². The van der Waals surface area contributed by atoms with Gasteiger partial charge in [-0.15, -0.1) is 24.0 Å². The number of alkyl halides is 3. The maximum atomic E-state index is 12.0. The van der Waals surface area contributed by atoms with E-state index in [0.717, 1.165) is 0 Å². The Hall–Kier alpha value is -0.940. The van der Waals surface area contributed by atoms with Crippen molar-refractivity contribution in [2.75, 3.05) is 26.7 Å². The lowest BCUT2D eigenvalue weighted by Crippen LogP contribution is -2.63. The van der Waals surface area contributed by atoms with Gasteiger partial charge in [-0.05, 0) is 33.6 Å². The van der Waals surface area contributed by atoms with Crippen LogP contribution in [0.3, 0.4) is 0 Å². The Morgan fingerprint density at radius 3 is 2.32 bits per heavy atom. The summed E-state index contributed by atoms with van der Waals surface area (Å²) in [5.41, 5.74) is -0.524. The number of likely N-dealkylation sites (tertiary alicyclic amines) is 1. The minimum absolute atomic E-state index is 0. The van der Waals surface area contributed by atoms with Crippen molar-refractivity contribution in [2.45, 2.75) is 57.9 Å². The highest BCUT2D eigenvalue weighted by molar-refractivity contribution is 14.0. The molecule has 6 nitrogen and oxygen atoms in total. The Bertz CT molecular complexity index is 447. The van der Waals surface area contributed by atoms with Crippen molar-refractivity contribution in [3.63, 3.8) is 0 Å². The lowest BCUT2D eigenvalue weighted by molar-refractivity contribution is -0.135. The average molecular weight is 480 g/mol. The Kier molecular flexibility index (Phi) is 9.88. The first-order valence-electron chi connectivity index (χ1n) is 8.02. The fourth-order valence-corrected chi connectivity index (χ4v) is 2.09. The summed E-state index contributed by atoms with van der Waals surface area (Å²) in [4.78, 5) is 17.4. The standard InChI is InChI=1S/C15H27F3N4O2.HI/c1-14(2,3)24-13(23)22-9-11(10-22)21-12(19-4)20-8-6-5-7-15(16,17)18;/h11H,5-10H2,1-4H3,(H2,19,20,21);1H. The highest BCUT2D eigenvalue weighted by atomic mass is 127. The van der Waals surface area contributed by atoms with E-state index in [4.69, 9.17) is 4.74 Å². The second-order valence-corrected chi connectivity index (χ2v) is 6.80. The third kappa shape index (κ3) is 10.6. The number of hydrogen-bond acceptors (Lipinski definition) is 3. The summed E-state index contributed by atoms with van der Waals surface area (Å²) in [7, 11) is 1.59. The summed E-state index contributed by atoms with van der Waals surface area (Å²) in [6, 6.07) is 0.0545. The van der Waals surface area contributed by atoms with Crippen molar-refractivity contribution < 1.29 is 22.7 Å². The summed E-state index contributed by atoms with van der Waals surface area (Å²) in [6.45, 7) is 6.85. The van der Waals surface area contributed by atoms with E-state index < -0.39 is 18.2 Å². The summed E-state index contributed by atoms with van der Waals surface area (Å²) in [6.07, 6.45) is -4.72. The molecule has 1 fully saturated rings. The van der Waals surface area contributed by atoms with E-state index >= 15 is 0 Å². The molecule has 1 heterocycles. The number of guanidine groups is 1. The Morgan fingerprint density at radius 1 is 1.24 bits per heavy atom. The smallest absolute Gasteiger partial charge is 0.410 e. The lowest BCUT2D eigenvalue weighted by atomic mass is 10.1. The number of unbranched alkanes of at least 4 members (excludes halogenated alkanes) is 1. The molecule has 2 N–H and O–H groups in total. The number of halogens is 4. The van der Waals surface area contributed by atoms with E-state index in [2.05, 4.69) is 15.6 Å². The van der Waals surface area contributed by atoms with Crippen LogP contribution in [0.4, 0.5) is 18.0 Å². The molecule has 0 aromatic heterocycles. The molecular weight excluding hydrogens is 452 g/mol. The Labute approximate surface area is 164 Å². The summed E-state index contributed by atoms with van der Waals surface area (Å²) in [5.74, 6) is 0.524. The van der Waals surface area contributed by atoms with Crippen LogP contribution in [-0.2, 0) is 4.74 Å². The Morgan fingerprint density at radius 2 is 1.84 bits per heavy atom. The molecule has 0 saturated carbocycles. The van der Waals surface area contributed by atoms with Gasteiger partial charge in [-0.1, -0.05) is 0 Å². The second kappa shape index (κ2) is 10.3. The molecule has 0 aromatic rings. The predicted molar refractivity (Wildman–Crippen MR) is 101 cm³/mol. The fraction of sp³-hybridized carbons (Fsp3) is 0.867. The fourth-order valence-electron chi connectivity index (χ4n) is 2.09. The average Bonchev–Trinajstić information content (AvgIpc) is 2.35. The van der Waals surface area contributed by atoms with Crippen LogP contribution in [0.5, 0.6) is 0 Å². The van der Waals surface area contributed by atoms with Gasteiger partial charge in [-0.25, -0.2) is 4.79 Å². The number of aliphatic imine (C=N–C) groups is 1. The topological polar surface area (TPSA) is 66.0 Å². The number of nitrogens with one attached hydrogen (secondary N) is 2. The molecule has 0 bridgehead atoms. The zero-order valence-electron chi connectivity index (χ0n) is 15.1. The molecule has 1 aliphatic rings. The monoisotopic (exact) mass is 480 g/mol. The maximum Gasteiger partial charge on any atom is 0.410 e. The summed E-state index contributed by atoms with van der Waals surface area (Å²) in [5, 5.41) is 6.10. The van der Waals surface area contributed by atoms with Gasteiger partial charge >= 0.3 is 12.3 Å². The number of ether oxygens (including phenoxy) is 1. The molecule has 148 valence electrons. The van der Waals surface area contributed by atoms with Crippen LogP contribution in [0.25, 0.3) is 0 Å². The Balaban J connectivity index is 0.00000576. The highest BCUT2D eigenvalue weighted by Gasteiger charge is 2.34. The van der Waals surface area contributed by atoms with E-state index in [9.17, 15) is 18.0 Å². The third-order valence-corrected chi connectivity index (χ3v) is 3.28. The molecule has 25 heavy (non-hydrogen) atoms. The van der Waals surface area contributed by atoms with Gasteiger partial charge in [0.1, 0.15) is 5.60 Å². The number of rotatable bonds is 5. The number of amides is 1. The normalized spacial score (nSPS) is 16.0. The van der Waals surface area contributed by atoms with Crippen LogP contribution in [0.15, 0.2) is 4.99 Å². The van der Waals surface area contributed by atoms with Crippen LogP contribution in [-0.4, -0.2) is 61.5 Å². The van der Waals surface area contributed by atoms with Crippen LogP contribution in [0.1, 0.15) is 40.0 Å². The van der Waals surface area contributed by atoms with E-state index in [-0.39, 0.29) is 42.5 Å². The van der Waals surface area contributed by atoms with Crippen LogP contribution < -0.4 is 10.6 Å². The van der Waals surface area contributed by atoms with Crippen molar-refractivity contribution in [2.24, 2.45) is 4.99 Å². The van der Waals surface area contributed by atoms with Gasteiger partial charge in [0.25, 0.3) is 0 Å². The van der Waals surface area contributed by atoms with Crippen LogP contribution >= 0.6 is 24.0 Å². The van der Waals surface area contributed by atoms with Gasteiger partial charge in [0.05, 0.1) is 6.04 Å². The van der Waals surface area contributed by atoms with Gasteiger partial charge in [0.2, 0.25) is 0 Å². The van der Waals surface area contributed by atoms with Crippen molar-refractivity contribution >= 4 is 36.0 Å². The van der Waals surface area contributed by atoms with Crippen LogP contribution in [0.2, 0.25) is 0 Å². The zero-order valence-corrected chi connectivity index (χ0v) is 17.4. The van der Waals surface area contributed by atoms with Crippen molar-refractivity contribution in [1.29, 1.82) is 0 Å². The van der Waals surface area contributed by atoms with Crippen molar-refractivity contribution in [3.8, 4) is 0 Å². The highest BCUT2D eigenvalue weighted by Crippen LogP contribution is 2.21. The second-order valence-electron chi connectivity index (χ2n) is 6.80. The minimum Gasteiger partial charge on any atom is -0.444 e. The molecule has 0 radical (unpaired) electrons. The molecule has 10 heteroatoms. The molecule has 1 aliphatic heterocycles. The largest absolute Gasteiger partial charge is 0.444 e. The number of hydrogen-bond donors (Lipinski definition) is 2. The first-order chi connectivity index (χ1) is 11.0. The van der Waals surface area contributed by atoms with Gasteiger partial charge in [-0.2, -0.15) is 13.2 Å². The third-order valence-electron chi connectivity index (χ3n) is 3.28. The number of carbonyl (C=O) groups is 1. The van der Waals surface area contributed by atoms with Crippen molar-refractivity contribution in [3.05, 3.63) is 0 Å². The molecular formula is C15H28F3IN4O2. The van der Waals surface area contributed by atoms with Crippen molar-refractivity contribution in [1.82, 2.24) is 15.5 Å². The molecule has 1 rings (SSSR count). The minimum atomic E-state index is -4.10. The van der Waals surface area contributed by atoms with Gasteiger partial charge < -0.3 is 20.3 Å². The number of nitrogens with zero attached hydrogens (tertiary/aromatic N) is 2. The SMILES string of the molecule is CN=C(NCCCCC(F)(F)F)NC1CN(C(=O)OC(C)(C)C)C1.I. The van der Waals surface area contributed by atoms with Gasteiger partial charge in [0.15, 0.2) is 5.96 Å². The molecule has 0 aromatic carbocycles. The van der Waals surface area contributed by atoms with E-state index in [0.29, 0.717) is 32.0 Å². The number of carbonyl (C=O) groups excluding carboxylic acids is 1. The van der Waals surface area contributed by atoms with E-state index in [1.165, 1.54) is 0 Å². The molecule has 1 saturated heterocycles. The first-order valence-corrected chi connectivity index (χ1v) is 8.02. The summed E-state index contributed by atoms with van der Waals surface area (Å²) >= 11 is 0. The molecule has 0 unspecified atom stereocenters. The van der Waals surface area contributed by atoms with E-state index in [1.54, 1.807) is 11.9 Å². The molecule has 0 aliphatic carbocycles. The van der Waals surface area contributed by atoms with E-state index in [1.807, 2.05) is 20.8 Å². The molecule has 1 amide bonds. The quantitative estimate of drug-likeness (QED) is 0.275.